The number of halogens is 1. The average molecular weight is 172 g/mol. The summed E-state index contributed by atoms with van der Waals surface area (Å²) in [5.41, 5.74) is 0.720. The maximum Gasteiger partial charge on any atom is 0.230 e. The maximum atomic E-state index is 11.1. The molecule has 11 heavy (non-hydrogen) atoms. The van der Waals surface area contributed by atoms with Crippen LogP contribution >= 0.6 is 11.6 Å². The topological polar surface area (TPSA) is 29.1 Å². The van der Waals surface area contributed by atoms with Gasteiger partial charge >= 0.3 is 0 Å². The van der Waals surface area contributed by atoms with Crippen molar-refractivity contribution < 1.29 is 4.79 Å². The van der Waals surface area contributed by atoms with Crippen molar-refractivity contribution in [3.63, 3.8) is 0 Å². The van der Waals surface area contributed by atoms with E-state index in [1.54, 1.807) is 19.1 Å². The SMILES string of the molecule is CC1=C(Cl)C=CC(C)C(=O)N1. The van der Waals surface area contributed by atoms with Crippen LogP contribution in [0.5, 0.6) is 0 Å². The van der Waals surface area contributed by atoms with E-state index < -0.39 is 0 Å². The van der Waals surface area contributed by atoms with Crippen LogP contribution in [-0.4, -0.2) is 5.91 Å². The predicted molar refractivity (Wildman–Crippen MR) is 45.0 cm³/mol. The molecule has 1 rings (SSSR count). The van der Waals surface area contributed by atoms with E-state index in [0.717, 1.165) is 5.70 Å². The number of rotatable bonds is 0. The molecule has 60 valence electrons. The first kappa shape index (κ1) is 8.34. The third-order valence-electron chi connectivity index (χ3n) is 1.61. The van der Waals surface area contributed by atoms with Gasteiger partial charge in [0, 0.05) is 5.70 Å². The van der Waals surface area contributed by atoms with Crippen molar-refractivity contribution in [3.05, 3.63) is 22.9 Å². The van der Waals surface area contributed by atoms with Gasteiger partial charge in [0.2, 0.25) is 5.91 Å². The van der Waals surface area contributed by atoms with Gasteiger partial charge in [-0.3, -0.25) is 4.79 Å². The molecule has 0 aromatic heterocycles. The zero-order chi connectivity index (χ0) is 8.43. The predicted octanol–water partition coefficient (Wildman–Crippen LogP) is 1.78. The van der Waals surface area contributed by atoms with E-state index in [9.17, 15) is 4.79 Å². The van der Waals surface area contributed by atoms with Gasteiger partial charge in [0.1, 0.15) is 0 Å². The van der Waals surface area contributed by atoms with Crippen LogP contribution in [0.15, 0.2) is 22.9 Å². The largest absolute Gasteiger partial charge is 0.328 e. The number of allylic oxidation sites excluding steroid dienone is 3. The van der Waals surface area contributed by atoms with Gasteiger partial charge in [0.05, 0.1) is 11.0 Å². The average Bonchev–Trinajstić information content (AvgIpc) is 2.05. The molecule has 0 aliphatic carbocycles. The second-order valence-corrected chi connectivity index (χ2v) is 3.02. The summed E-state index contributed by atoms with van der Waals surface area (Å²) < 4.78 is 0. The van der Waals surface area contributed by atoms with Crippen molar-refractivity contribution in [1.82, 2.24) is 5.32 Å². The van der Waals surface area contributed by atoms with E-state index in [-0.39, 0.29) is 11.8 Å². The molecule has 0 aromatic carbocycles. The lowest BCUT2D eigenvalue weighted by molar-refractivity contribution is -0.122. The fourth-order valence-electron chi connectivity index (χ4n) is 0.800. The van der Waals surface area contributed by atoms with Crippen molar-refractivity contribution in [2.24, 2.45) is 5.92 Å². The maximum absolute atomic E-state index is 11.1. The molecule has 1 heterocycles. The molecular weight excluding hydrogens is 162 g/mol. The minimum absolute atomic E-state index is 0.00519. The van der Waals surface area contributed by atoms with Crippen molar-refractivity contribution in [2.45, 2.75) is 13.8 Å². The molecule has 1 atom stereocenters. The molecule has 0 radical (unpaired) electrons. The standard InChI is InChI=1S/C8H10ClNO/c1-5-3-4-7(9)6(2)10-8(5)11/h3-5H,1-2H3,(H,10,11). The molecule has 0 saturated heterocycles. The molecule has 0 saturated carbocycles. The second-order valence-electron chi connectivity index (χ2n) is 2.61. The first-order valence-electron chi connectivity index (χ1n) is 3.46. The van der Waals surface area contributed by atoms with E-state index >= 15 is 0 Å². The Morgan fingerprint density at radius 1 is 1.64 bits per heavy atom. The molecule has 1 aliphatic rings. The van der Waals surface area contributed by atoms with Crippen molar-refractivity contribution >= 4 is 17.5 Å². The van der Waals surface area contributed by atoms with Gasteiger partial charge in [-0.05, 0) is 13.0 Å². The Morgan fingerprint density at radius 2 is 2.27 bits per heavy atom. The van der Waals surface area contributed by atoms with Crippen LogP contribution in [-0.2, 0) is 4.79 Å². The quantitative estimate of drug-likeness (QED) is 0.592. The highest BCUT2D eigenvalue weighted by molar-refractivity contribution is 6.31. The molecule has 0 fully saturated rings. The number of nitrogens with one attached hydrogen (secondary N) is 1. The molecule has 1 unspecified atom stereocenters. The highest BCUT2D eigenvalue weighted by Gasteiger charge is 2.13. The summed E-state index contributed by atoms with van der Waals surface area (Å²) in [5.74, 6) is -0.101. The van der Waals surface area contributed by atoms with Crippen LogP contribution in [0.3, 0.4) is 0 Å². The Hall–Kier alpha value is -0.760. The van der Waals surface area contributed by atoms with Gasteiger partial charge in [-0.15, -0.1) is 0 Å². The molecule has 1 N–H and O–H groups in total. The number of amides is 1. The third-order valence-corrected chi connectivity index (χ3v) is 2.02. The summed E-state index contributed by atoms with van der Waals surface area (Å²) in [7, 11) is 0. The lowest BCUT2D eigenvalue weighted by Crippen LogP contribution is -2.25. The molecule has 1 aliphatic heterocycles. The molecule has 0 bridgehead atoms. The Bertz CT molecular complexity index is 242. The summed E-state index contributed by atoms with van der Waals surface area (Å²) >= 11 is 5.78. The lowest BCUT2D eigenvalue weighted by Gasteiger charge is -2.04. The Kier molecular flexibility index (Phi) is 2.35. The van der Waals surface area contributed by atoms with Crippen molar-refractivity contribution in [1.29, 1.82) is 0 Å². The smallest absolute Gasteiger partial charge is 0.230 e. The molecular formula is C8H10ClNO. The monoisotopic (exact) mass is 171 g/mol. The van der Waals surface area contributed by atoms with Gasteiger partial charge in [-0.25, -0.2) is 0 Å². The Balaban J connectivity index is 2.91. The summed E-state index contributed by atoms with van der Waals surface area (Å²) in [5, 5.41) is 3.29. The fourth-order valence-corrected chi connectivity index (χ4v) is 0.920. The lowest BCUT2D eigenvalue weighted by atomic mass is 10.1. The van der Waals surface area contributed by atoms with Crippen LogP contribution in [0.2, 0.25) is 0 Å². The van der Waals surface area contributed by atoms with E-state index in [0.29, 0.717) is 5.03 Å². The van der Waals surface area contributed by atoms with Crippen molar-refractivity contribution in [3.8, 4) is 0 Å². The second kappa shape index (κ2) is 3.09. The minimum Gasteiger partial charge on any atom is -0.328 e. The zero-order valence-corrected chi connectivity index (χ0v) is 7.27. The highest BCUT2D eigenvalue weighted by Crippen LogP contribution is 2.14. The van der Waals surface area contributed by atoms with E-state index in [1.807, 2.05) is 6.92 Å². The van der Waals surface area contributed by atoms with E-state index in [1.165, 1.54) is 0 Å². The first-order valence-corrected chi connectivity index (χ1v) is 3.84. The molecule has 1 amide bonds. The number of hydrogen-bond acceptors (Lipinski definition) is 1. The molecule has 3 heteroatoms. The van der Waals surface area contributed by atoms with Gasteiger partial charge in [-0.1, -0.05) is 24.6 Å². The van der Waals surface area contributed by atoms with Gasteiger partial charge < -0.3 is 5.32 Å². The number of carbonyl (C=O) groups excluding carboxylic acids is 1. The van der Waals surface area contributed by atoms with Gasteiger partial charge in [0.15, 0.2) is 0 Å². The summed E-state index contributed by atoms with van der Waals surface area (Å²) in [6, 6.07) is 0. The summed E-state index contributed by atoms with van der Waals surface area (Å²) in [4.78, 5) is 11.1. The van der Waals surface area contributed by atoms with Crippen LogP contribution in [0.1, 0.15) is 13.8 Å². The number of hydrogen-bond donors (Lipinski definition) is 1. The third kappa shape index (κ3) is 1.84. The van der Waals surface area contributed by atoms with Crippen LogP contribution in [0.4, 0.5) is 0 Å². The zero-order valence-electron chi connectivity index (χ0n) is 6.52. The molecule has 0 aromatic rings. The minimum atomic E-state index is -0.0961. The number of carbonyl (C=O) groups is 1. The highest BCUT2D eigenvalue weighted by atomic mass is 35.5. The van der Waals surface area contributed by atoms with Crippen LogP contribution in [0, 0.1) is 5.92 Å². The molecule has 0 spiro atoms. The van der Waals surface area contributed by atoms with E-state index in [4.69, 9.17) is 11.6 Å². The van der Waals surface area contributed by atoms with Crippen molar-refractivity contribution in [2.75, 3.05) is 0 Å². The first-order chi connectivity index (χ1) is 5.11. The normalized spacial score (nSPS) is 25.0. The van der Waals surface area contributed by atoms with Crippen LogP contribution < -0.4 is 5.32 Å². The summed E-state index contributed by atoms with van der Waals surface area (Å²) in [6.45, 7) is 3.61. The molecule has 2 nitrogen and oxygen atoms in total. The van der Waals surface area contributed by atoms with Crippen LogP contribution in [0.25, 0.3) is 0 Å². The Morgan fingerprint density at radius 3 is 2.91 bits per heavy atom. The fraction of sp³-hybridized carbons (Fsp3) is 0.375. The van der Waals surface area contributed by atoms with Gasteiger partial charge in [-0.2, -0.15) is 0 Å². The van der Waals surface area contributed by atoms with E-state index in [2.05, 4.69) is 5.32 Å². The summed E-state index contributed by atoms with van der Waals surface area (Å²) in [6.07, 6.45) is 3.54. The Labute approximate surface area is 70.9 Å². The van der Waals surface area contributed by atoms with Gasteiger partial charge in [0.25, 0.3) is 0 Å².